The maximum atomic E-state index is 12.9. The van der Waals surface area contributed by atoms with E-state index in [4.69, 9.17) is 0 Å². The van der Waals surface area contributed by atoms with Crippen LogP contribution in [0.2, 0.25) is 0 Å². The number of aliphatic hydroxyl groups is 1. The number of likely N-dealkylation sites (tertiary alicyclic amines) is 1. The van der Waals surface area contributed by atoms with Crippen molar-refractivity contribution in [3.05, 3.63) is 0 Å². The summed E-state index contributed by atoms with van der Waals surface area (Å²) < 4.78 is 0. The van der Waals surface area contributed by atoms with E-state index in [0.717, 1.165) is 25.2 Å². The monoisotopic (exact) mass is 263 g/mol. The van der Waals surface area contributed by atoms with Crippen LogP contribution >= 0.6 is 0 Å². The van der Waals surface area contributed by atoms with Gasteiger partial charge in [0.15, 0.2) is 0 Å². The lowest BCUT2D eigenvalue weighted by Crippen LogP contribution is -2.64. The van der Waals surface area contributed by atoms with Gasteiger partial charge in [-0.2, -0.15) is 0 Å². The standard InChI is InChI=1S/C16H25NO2/c1-14-3-11-4-15(2,8-14)10-16(5-11,9-14)13(19)17-6-12(18)7-17/h11-12,18H,3-10H2,1-2H3. The molecule has 0 radical (unpaired) electrons. The molecule has 4 saturated carbocycles. The summed E-state index contributed by atoms with van der Waals surface area (Å²) >= 11 is 0. The van der Waals surface area contributed by atoms with Crippen molar-refractivity contribution in [2.75, 3.05) is 13.1 Å². The second-order valence-corrected chi connectivity index (χ2v) is 8.77. The lowest BCUT2D eigenvalue weighted by molar-refractivity contribution is -0.186. The molecule has 0 spiro atoms. The van der Waals surface area contributed by atoms with E-state index >= 15 is 0 Å². The third-order valence-corrected chi connectivity index (χ3v) is 6.23. The Balaban J connectivity index is 1.65. The van der Waals surface area contributed by atoms with Crippen LogP contribution in [0.3, 0.4) is 0 Å². The van der Waals surface area contributed by atoms with Crippen LogP contribution < -0.4 is 0 Å². The van der Waals surface area contributed by atoms with Gasteiger partial charge >= 0.3 is 0 Å². The summed E-state index contributed by atoms with van der Waals surface area (Å²) in [5.74, 6) is 1.13. The van der Waals surface area contributed by atoms with Gasteiger partial charge < -0.3 is 10.0 Å². The van der Waals surface area contributed by atoms with Crippen LogP contribution in [-0.2, 0) is 4.79 Å². The van der Waals surface area contributed by atoms with E-state index in [1.54, 1.807) is 0 Å². The summed E-state index contributed by atoms with van der Waals surface area (Å²) in [5, 5.41) is 9.46. The fourth-order valence-electron chi connectivity index (χ4n) is 6.64. The van der Waals surface area contributed by atoms with Gasteiger partial charge in [0.1, 0.15) is 0 Å². The van der Waals surface area contributed by atoms with E-state index in [-0.39, 0.29) is 11.5 Å². The number of nitrogens with zero attached hydrogens (tertiary/aromatic N) is 1. The Morgan fingerprint density at radius 3 is 2.11 bits per heavy atom. The Morgan fingerprint density at radius 1 is 1.05 bits per heavy atom. The molecule has 0 aromatic rings. The first kappa shape index (κ1) is 12.2. The number of carbonyl (C=O) groups excluding carboxylic acids is 1. The molecule has 106 valence electrons. The summed E-state index contributed by atoms with van der Waals surface area (Å²) in [6, 6.07) is 0. The second kappa shape index (κ2) is 3.36. The van der Waals surface area contributed by atoms with E-state index in [0.29, 0.717) is 29.8 Å². The number of amides is 1. The Morgan fingerprint density at radius 2 is 1.63 bits per heavy atom. The van der Waals surface area contributed by atoms with Gasteiger partial charge in [0.2, 0.25) is 5.91 Å². The van der Waals surface area contributed by atoms with Crippen molar-refractivity contribution in [3.63, 3.8) is 0 Å². The van der Waals surface area contributed by atoms with Gasteiger partial charge in [-0.3, -0.25) is 4.79 Å². The number of carbonyl (C=O) groups is 1. The fourth-order valence-corrected chi connectivity index (χ4v) is 6.64. The molecular weight excluding hydrogens is 238 g/mol. The van der Waals surface area contributed by atoms with Gasteiger partial charge in [-0.15, -0.1) is 0 Å². The van der Waals surface area contributed by atoms with Crippen LogP contribution in [0.4, 0.5) is 0 Å². The summed E-state index contributed by atoms with van der Waals surface area (Å²) in [7, 11) is 0. The van der Waals surface area contributed by atoms with Gasteiger partial charge in [-0.25, -0.2) is 0 Å². The molecule has 1 saturated heterocycles. The minimum atomic E-state index is -0.274. The molecule has 1 heterocycles. The van der Waals surface area contributed by atoms with Crippen LogP contribution in [0.25, 0.3) is 0 Å². The Labute approximate surface area is 115 Å². The topological polar surface area (TPSA) is 40.5 Å². The minimum absolute atomic E-state index is 0.0803. The van der Waals surface area contributed by atoms with E-state index in [2.05, 4.69) is 13.8 Å². The highest BCUT2D eigenvalue weighted by atomic mass is 16.3. The van der Waals surface area contributed by atoms with E-state index in [1.807, 2.05) is 4.90 Å². The van der Waals surface area contributed by atoms with Crippen LogP contribution in [-0.4, -0.2) is 35.1 Å². The van der Waals surface area contributed by atoms with E-state index in [9.17, 15) is 9.90 Å². The number of aliphatic hydroxyl groups excluding tert-OH is 1. The van der Waals surface area contributed by atoms with Gasteiger partial charge in [-0.1, -0.05) is 13.8 Å². The summed E-state index contributed by atoms with van der Waals surface area (Å²) in [5.41, 5.74) is 0.712. The predicted molar refractivity (Wildman–Crippen MR) is 72.4 cm³/mol. The molecule has 4 aliphatic carbocycles. The second-order valence-electron chi connectivity index (χ2n) is 8.77. The van der Waals surface area contributed by atoms with Gasteiger partial charge in [0, 0.05) is 13.1 Å². The molecule has 1 aliphatic heterocycles. The zero-order valence-electron chi connectivity index (χ0n) is 12.1. The highest BCUT2D eigenvalue weighted by Gasteiger charge is 2.63. The van der Waals surface area contributed by atoms with Crippen LogP contribution in [0.1, 0.15) is 52.4 Å². The third-order valence-electron chi connectivity index (χ3n) is 6.23. The van der Waals surface area contributed by atoms with Crippen LogP contribution in [0.5, 0.6) is 0 Å². The highest BCUT2D eigenvalue weighted by molar-refractivity contribution is 5.84. The van der Waals surface area contributed by atoms with Gasteiger partial charge in [0.05, 0.1) is 11.5 Å². The minimum Gasteiger partial charge on any atom is -0.389 e. The first-order chi connectivity index (χ1) is 8.82. The normalized spacial score (nSPS) is 52.4. The first-order valence-corrected chi connectivity index (χ1v) is 7.79. The van der Waals surface area contributed by atoms with Crippen molar-refractivity contribution >= 4 is 5.91 Å². The maximum absolute atomic E-state index is 12.9. The lowest BCUT2D eigenvalue weighted by Gasteiger charge is -2.65. The molecule has 1 amide bonds. The molecule has 2 unspecified atom stereocenters. The van der Waals surface area contributed by atoms with E-state index in [1.165, 1.54) is 19.3 Å². The van der Waals surface area contributed by atoms with Crippen molar-refractivity contribution in [1.29, 1.82) is 0 Å². The van der Waals surface area contributed by atoms with Crippen molar-refractivity contribution in [2.24, 2.45) is 22.2 Å². The molecule has 3 heteroatoms. The van der Waals surface area contributed by atoms with Crippen LogP contribution in [0.15, 0.2) is 0 Å². The van der Waals surface area contributed by atoms with Crippen molar-refractivity contribution in [1.82, 2.24) is 4.90 Å². The van der Waals surface area contributed by atoms with Crippen LogP contribution in [0, 0.1) is 22.2 Å². The lowest BCUT2D eigenvalue weighted by atomic mass is 9.40. The quantitative estimate of drug-likeness (QED) is 0.788. The zero-order chi connectivity index (χ0) is 13.5. The molecule has 5 aliphatic rings. The summed E-state index contributed by atoms with van der Waals surface area (Å²) in [6.07, 6.45) is 7.01. The molecule has 0 aromatic carbocycles. The predicted octanol–water partition coefficient (Wildman–Crippen LogP) is 2.19. The first-order valence-electron chi connectivity index (χ1n) is 7.79. The molecule has 0 aromatic heterocycles. The average Bonchev–Trinajstić information content (AvgIpc) is 2.18. The third kappa shape index (κ3) is 1.63. The number of rotatable bonds is 1. The molecule has 2 atom stereocenters. The summed E-state index contributed by atoms with van der Waals surface area (Å²) in [4.78, 5) is 14.8. The number of hydrogen-bond acceptors (Lipinski definition) is 2. The molecule has 4 bridgehead atoms. The zero-order valence-corrected chi connectivity index (χ0v) is 12.1. The fraction of sp³-hybridized carbons (Fsp3) is 0.938. The van der Waals surface area contributed by atoms with E-state index < -0.39 is 0 Å². The Hall–Kier alpha value is -0.570. The average molecular weight is 263 g/mol. The molecule has 3 nitrogen and oxygen atoms in total. The Kier molecular flexibility index (Phi) is 2.16. The van der Waals surface area contributed by atoms with Gasteiger partial charge in [-0.05, 0) is 55.3 Å². The van der Waals surface area contributed by atoms with Crippen molar-refractivity contribution in [2.45, 2.75) is 58.5 Å². The SMILES string of the molecule is CC12CC3CC(C)(C1)CC(C(=O)N1CC(O)C1)(C3)C2. The largest absolute Gasteiger partial charge is 0.389 e. The maximum Gasteiger partial charge on any atom is 0.229 e. The molecule has 5 rings (SSSR count). The van der Waals surface area contributed by atoms with Gasteiger partial charge in [0.25, 0.3) is 0 Å². The van der Waals surface area contributed by atoms with Crippen molar-refractivity contribution in [3.8, 4) is 0 Å². The molecule has 1 N–H and O–H groups in total. The molecule has 5 fully saturated rings. The highest BCUT2D eigenvalue weighted by Crippen LogP contribution is 2.69. The molecular formula is C16H25NO2. The van der Waals surface area contributed by atoms with Crippen molar-refractivity contribution < 1.29 is 9.90 Å². The molecule has 19 heavy (non-hydrogen) atoms. The smallest absolute Gasteiger partial charge is 0.229 e. The number of hydrogen-bond donors (Lipinski definition) is 1. The summed E-state index contributed by atoms with van der Waals surface area (Å²) in [6.45, 7) is 5.95. The Bertz CT molecular complexity index is 422. The number of β-amino-alcohol motifs (C(OH)–C–C–N with tert-alkyl or cyclic N) is 1.